The zero-order valence-corrected chi connectivity index (χ0v) is 12.1. The first-order valence-electron chi connectivity index (χ1n) is 6.66. The van der Waals surface area contributed by atoms with Gasteiger partial charge in [-0.2, -0.15) is 0 Å². The van der Waals surface area contributed by atoms with Crippen LogP contribution in [-0.2, 0) is 17.9 Å². The van der Waals surface area contributed by atoms with Gasteiger partial charge in [-0.1, -0.05) is 30.3 Å². The quantitative estimate of drug-likeness (QED) is 0.650. The molecule has 110 valence electrons. The van der Waals surface area contributed by atoms with Crippen LogP contribution in [0.25, 0.3) is 0 Å². The molecule has 2 rings (SSSR count). The molecule has 0 amide bonds. The van der Waals surface area contributed by atoms with E-state index in [2.05, 4.69) is 5.32 Å². The topological polar surface area (TPSA) is 64.4 Å². The molecule has 21 heavy (non-hydrogen) atoms. The van der Waals surface area contributed by atoms with Crippen LogP contribution in [0.5, 0.6) is 0 Å². The second kappa shape index (κ2) is 6.85. The van der Waals surface area contributed by atoms with E-state index in [9.17, 15) is 10.1 Å². The fourth-order valence-electron chi connectivity index (χ4n) is 2.14. The fourth-order valence-corrected chi connectivity index (χ4v) is 2.14. The molecule has 0 aliphatic rings. The number of nitrogens with one attached hydrogen (secondary N) is 1. The number of rotatable bonds is 6. The highest BCUT2D eigenvalue weighted by molar-refractivity contribution is 5.62. The maximum atomic E-state index is 11.0. The number of nitro benzene ring substituents is 1. The molecule has 0 heterocycles. The van der Waals surface area contributed by atoms with Gasteiger partial charge in [-0.05, 0) is 29.7 Å². The van der Waals surface area contributed by atoms with Crippen LogP contribution in [0.4, 0.5) is 11.4 Å². The number of hydrogen-bond donors (Lipinski definition) is 1. The van der Waals surface area contributed by atoms with Gasteiger partial charge in [-0.3, -0.25) is 10.1 Å². The Bertz CT molecular complexity index is 641. The Labute approximate surface area is 123 Å². The van der Waals surface area contributed by atoms with Crippen molar-refractivity contribution in [3.63, 3.8) is 0 Å². The van der Waals surface area contributed by atoms with E-state index in [0.29, 0.717) is 18.8 Å². The Morgan fingerprint density at radius 1 is 1.19 bits per heavy atom. The van der Waals surface area contributed by atoms with Crippen LogP contribution in [-0.4, -0.2) is 12.0 Å². The zero-order chi connectivity index (χ0) is 15.2. The molecule has 2 aromatic rings. The lowest BCUT2D eigenvalue weighted by atomic mass is 10.1. The van der Waals surface area contributed by atoms with Crippen LogP contribution in [0.15, 0.2) is 42.5 Å². The van der Waals surface area contributed by atoms with Gasteiger partial charge in [0.2, 0.25) is 0 Å². The van der Waals surface area contributed by atoms with Crippen molar-refractivity contribution in [3.05, 3.63) is 69.3 Å². The van der Waals surface area contributed by atoms with Crippen molar-refractivity contribution in [1.29, 1.82) is 0 Å². The minimum absolute atomic E-state index is 0.0913. The van der Waals surface area contributed by atoms with Gasteiger partial charge in [0, 0.05) is 19.7 Å². The van der Waals surface area contributed by atoms with E-state index in [4.69, 9.17) is 4.74 Å². The van der Waals surface area contributed by atoms with Crippen molar-refractivity contribution >= 4 is 11.4 Å². The molecule has 0 aromatic heterocycles. The van der Waals surface area contributed by atoms with Crippen molar-refractivity contribution in [3.8, 4) is 0 Å². The summed E-state index contributed by atoms with van der Waals surface area (Å²) in [6.45, 7) is 2.99. The first-order chi connectivity index (χ1) is 10.1. The van der Waals surface area contributed by atoms with Crippen LogP contribution >= 0.6 is 0 Å². The van der Waals surface area contributed by atoms with Gasteiger partial charge >= 0.3 is 0 Å². The lowest BCUT2D eigenvalue weighted by molar-refractivity contribution is -0.384. The molecular formula is C16H18N2O3. The summed E-state index contributed by atoms with van der Waals surface area (Å²) in [6, 6.07) is 13.0. The molecule has 1 N–H and O–H groups in total. The molecule has 5 heteroatoms. The van der Waals surface area contributed by atoms with E-state index in [-0.39, 0.29) is 10.6 Å². The second-order valence-electron chi connectivity index (χ2n) is 4.88. The number of benzene rings is 2. The van der Waals surface area contributed by atoms with Crippen LogP contribution in [0.1, 0.15) is 16.7 Å². The maximum Gasteiger partial charge on any atom is 0.292 e. The lowest BCUT2D eigenvalue weighted by Crippen LogP contribution is -2.03. The average molecular weight is 286 g/mol. The number of aryl methyl sites for hydroxylation is 1. The Morgan fingerprint density at radius 2 is 1.95 bits per heavy atom. The SMILES string of the molecule is COCc1cccc(CNc2cc(C)ccc2[N+](=O)[O-])c1. The minimum Gasteiger partial charge on any atom is -0.380 e. The van der Waals surface area contributed by atoms with E-state index < -0.39 is 0 Å². The third kappa shape index (κ3) is 4.03. The maximum absolute atomic E-state index is 11.0. The number of ether oxygens (including phenoxy) is 1. The summed E-state index contributed by atoms with van der Waals surface area (Å²) >= 11 is 0. The molecule has 0 saturated carbocycles. The summed E-state index contributed by atoms with van der Waals surface area (Å²) in [5.74, 6) is 0. The highest BCUT2D eigenvalue weighted by Gasteiger charge is 2.12. The van der Waals surface area contributed by atoms with E-state index in [1.807, 2.05) is 31.2 Å². The summed E-state index contributed by atoms with van der Waals surface area (Å²) < 4.78 is 5.10. The number of nitrogens with zero attached hydrogens (tertiary/aromatic N) is 1. The van der Waals surface area contributed by atoms with Crippen molar-refractivity contribution in [2.24, 2.45) is 0 Å². The second-order valence-corrected chi connectivity index (χ2v) is 4.88. The van der Waals surface area contributed by atoms with Gasteiger partial charge in [0.25, 0.3) is 5.69 Å². The Morgan fingerprint density at radius 3 is 2.67 bits per heavy atom. The Balaban J connectivity index is 2.14. The summed E-state index contributed by atoms with van der Waals surface area (Å²) in [4.78, 5) is 10.7. The molecule has 0 fully saturated rings. The fraction of sp³-hybridized carbons (Fsp3) is 0.250. The van der Waals surface area contributed by atoms with Crippen LogP contribution in [0.2, 0.25) is 0 Å². The third-order valence-electron chi connectivity index (χ3n) is 3.13. The summed E-state index contributed by atoms with van der Waals surface area (Å²) in [6.07, 6.45) is 0. The minimum atomic E-state index is -0.372. The number of methoxy groups -OCH3 is 1. The van der Waals surface area contributed by atoms with Crippen molar-refractivity contribution in [2.75, 3.05) is 12.4 Å². The molecule has 0 spiro atoms. The smallest absolute Gasteiger partial charge is 0.292 e. The largest absolute Gasteiger partial charge is 0.380 e. The molecule has 2 aromatic carbocycles. The van der Waals surface area contributed by atoms with Crippen LogP contribution in [0.3, 0.4) is 0 Å². The van der Waals surface area contributed by atoms with Crippen molar-refractivity contribution < 1.29 is 9.66 Å². The standard InChI is InChI=1S/C16H18N2O3/c1-12-6-7-16(18(19)20)15(8-12)17-10-13-4-3-5-14(9-13)11-21-2/h3-9,17H,10-11H2,1-2H3. The molecule has 0 atom stereocenters. The van der Waals surface area contributed by atoms with E-state index in [0.717, 1.165) is 16.7 Å². The van der Waals surface area contributed by atoms with E-state index in [1.54, 1.807) is 19.2 Å². The van der Waals surface area contributed by atoms with Gasteiger partial charge in [0.05, 0.1) is 11.5 Å². The summed E-state index contributed by atoms with van der Waals surface area (Å²) in [7, 11) is 1.65. The van der Waals surface area contributed by atoms with Gasteiger partial charge in [0.1, 0.15) is 5.69 Å². The normalized spacial score (nSPS) is 10.4. The van der Waals surface area contributed by atoms with Crippen LogP contribution in [0, 0.1) is 17.0 Å². The molecule has 0 bridgehead atoms. The van der Waals surface area contributed by atoms with Crippen molar-refractivity contribution in [2.45, 2.75) is 20.1 Å². The Hall–Kier alpha value is -2.40. The highest BCUT2D eigenvalue weighted by Crippen LogP contribution is 2.25. The number of anilines is 1. The molecule has 0 radical (unpaired) electrons. The average Bonchev–Trinajstić information content (AvgIpc) is 2.45. The predicted octanol–water partition coefficient (Wildman–Crippen LogP) is 3.66. The lowest BCUT2D eigenvalue weighted by Gasteiger charge is -2.09. The molecule has 5 nitrogen and oxygen atoms in total. The van der Waals surface area contributed by atoms with Gasteiger partial charge in [-0.25, -0.2) is 0 Å². The van der Waals surface area contributed by atoms with E-state index >= 15 is 0 Å². The summed E-state index contributed by atoms with van der Waals surface area (Å²) in [5, 5.41) is 14.2. The predicted molar refractivity (Wildman–Crippen MR) is 82.3 cm³/mol. The molecule has 0 aliphatic carbocycles. The van der Waals surface area contributed by atoms with Gasteiger partial charge in [0.15, 0.2) is 0 Å². The third-order valence-corrected chi connectivity index (χ3v) is 3.13. The zero-order valence-electron chi connectivity index (χ0n) is 12.1. The van der Waals surface area contributed by atoms with Gasteiger partial charge in [-0.15, -0.1) is 0 Å². The van der Waals surface area contributed by atoms with E-state index in [1.165, 1.54) is 6.07 Å². The van der Waals surface area contributed by atoms with Gasteiger partial charge < -0.3 is 10.1 Å². The first-order valence-corrected chi connectivity index (χ1v) is 6.66. The van der Waals surface area contributed by atoms with Crippen LogP contribution < -0.4 is 5.32 Å². The number of hydrogen-bond acceptors (Lipinski definition) is 4. The molecule has 0 unspecified atom stereocenters. The molecule has 0 saturated heterocycles. The first kappa shape index (κ1) is 15.0. The number of nitro groups is 1. The molecular weight excluding hydrogens is 268 g/mol. The summed E-state index contributed by atoms with van der Waals surface area (Å²) in [5.41, 5.74) is 3.75. The molecule has 0 aliphatic heterocycles. The monoisotopic (exact) mass is 286 g/mol. The highest BCUT2D eigenvalue weighted by atomic mass is 16.6. The Kier molecular flexibility index (Phi) is 4.90. The van der Waals surface area contributed by atoms with Crippen molar-refractivity contribution in [1.82, 2.24) is 0 Å².